The molecule has 0 spiro atoms. The Balaban J connectivity index is 2.08. The van der Waals surface area contributed by atoms with Gasteiger partial charge in [0, 0.05) is 11.1 Å². The normalized spacial score (nSPS) is 11.6. The zero-order valence-electron chi connectivity index (χ0n) is 18.4. The van der Waals surface area contributed by atoms with E-state index in [1.54, 1.807) is 20.3 Å². The molecule has 0 aliphatic rings. The predicted molar refractivity (Wildman–Crippen MR) is 129 cm³/mol. The monoisotopic (exact) mass is 424 g/mol. The number of benzene rings is 4. The van der Waals surface area contributed by atoms with Gasteiger partial charge in [0.05, 0.1) is 14.2 Å². The number of hydrogen-bond donors (Lipinski definition) is 0. The van der Waals surface area contributed by atoms with Crippen molar-refractivity contribution >= 4 is 11.1 Å². The van der Waals surface area contributed by atoms with Crippen LogP contribution >= 0.6 is 0 Å². The van der Waals surface area contributed by atoms with Gasteiger partial charge in [-0.1, -0.05) is 72.3 Å². The molecule has 0 saturated heterocycles. The van der Waals surface area contributed by atoms with E-state index in [0.717, 1.165) is 39.3 Å². The van der Waals surface area contributed by atoms with E-state index >= 15 is 4.39 Å². The zero-order chi connectivity index (χ0) is 22.5. The third-order valence-corrected chi connectivity index (χ3v) is 5.49. The lowest BCUT2D eigenvalue weighted by atomic mass is 9.85. The first-order valence-electron chi connectivity index (χ1n) is 10.5. The maximum atomic E-state index is 15.2. The van der Waals surface area contributed by atoms with E-state index in [2.05, 4.69) is 31.2 Å². The van der Waals surface area contributed by atoms with Gasteiger partial charge in [-0.05, 0) is 59.5 Å². The Morgan fingerprint density at radius 3 is 1.47 bits per heavy atom. The second kappa shape index (κ2) is 9.52. The van der Waals surface area contributed by atoms with Crippen molar-refractivity contribution in [2.45, 2.75) is 6.92 Å². The highest BCUT2D eigenvalue weighted by molar-refractivity contribution is 6.04. The van der Waals surface area contributed by atoms with Gasteiger partial charge in [-0.3, -0.25) is 0 Å². The maximum absolute atomic E-state index is 15.2. The first-order valence-corrected chi connectivity index (χ1v) is 10.5. The smallest absolute Gasteiger partial charge is 0.131 e. The Bertz CT molecular complexity index is 1220. The Hall–Kier alpha value is -3.85. The van der Waals surface area contributed by atoms with Gasteiger partial charge in [-0.15, -0.1) is 0 Å². The summed E-state index contributed by atoms with van der Waals surface area (Å²) in [6, 6.07) is 30.8. The zero-order valence-corrected chi connectivity index (χ0v) is 18.4. The molecule has 0 heterocycles. The van der Waals surface area contributed by atoms with Crippen LogP contribution in [0.15, 0.2) is 97.1 Å². The van der Waals surface area contributed by atoms with E-state index in [4.69, 9.17) is 9.47 Å². The lowest BCUT2D eigenvalue weighted by Crippen LogP contribution is -2.00. The Labute approximate surface area is 188 Å². The summed E-state index contributed by atoms with van der Waals surface area (Å²) in [5, 5.41) is 0. The van der Waals surface area contributed by atoms with Crippen molar-refractivity contribution in [2.24, 2.45) is 0 Å². The Morgan fingerprint density at radius 2 is 1.00 bits per heavy atom. The molecular weight excluding hydrogens is 399 g/mol. The SMILES string of the molecule is COc1ccc(/C(=C(/c2ccc(OC)cc2)c2ccccc2F)c2ccc(C)cc2)cc1. The number of ether oxygens (including phenoxy) is 2. The minimum Gasteiger partial charge on any atom is -0.497 e. The van der Waals surface area contributed by atoms with Crippen molar-refractivity contribution in [3.8, 4) is 11.5 Å². The average Bonchev–Trinajstić information content (AvgIpc) is 2.84. The molecule has 0 saturated carbocycles. The topological polar surface area (TPSA) is 18.5 Å². The molecule has 0 unspecified atom stereocenters. The van der Waals surface area contributed by atoms with Crippen LogP contribution in [-0.4, -0.2) is 14.2 Å². The van der Waals surface area contributed by atoms with Crippen LogP contribution in [0.4, 0.5) is 4.39 Å². The van der Waals surface area contributed by atoms with Crippen LogP contribution in [0.25, 0.3) is 11.1 Å². The quantitative estimate of drug-likeness (QED) is 0.306. The number of methoxy groups -OCH3 is 2. The summed E-state index contributed by atoms with van der Waals surface area (Å²) in [6.45, 7) is 2.06. The minimum atomic E-state index is -0.267. The van der Waals surface area contributed by atoms with E-state index in [-0.39, 0.29) is 5.82 Å². The molecule has 4 aromatic rings. The van der Waals surface area contributed by atoms with Crippen molar-refractivity contribution in [3.63, 3.8) is 0 Å². The number of halogens is 1. The van der Waals surface area contributed by atoms with Crippen LogP contribution in [0.1, 0.15) is 27.8 Å². The summed E-state index contributed by atoms with van der Waals surface area (Å²) in [5.41, 5.74) is 6.37. The van der Waals surface area contributed by atoms with Gasteiger partial charge in [0.15, 0.2) is 0 Å². The van der Waals surface area contributed by atoms with E-state index in [1.165, 1.54) is 11.6 Å². The van der Waals surface area contributed by atoms with Gasteiger partial charge in [0.25, 0.3) is 0 Å². The third kappa shape index (κ3) is 4.42. The molecule has 2 nitrogen and oxygen atoms in total. The second-order valence-corrected chi connectivity index (χ2v) is 7.55. The third-order valence-electron chi connectivity index (χ3n) is 5.49. The highest BCUT2D eigenvalue weighted by atomic mass is 19.1. The highest BCUT2D eigenvalue weighted by Crippen LogP contribution is 2.38. The van der Waals surface area contributed by atoms with Crippen LogP contribution < -0.4 is 9.47 Å². The van der Waals surface area contributed by atoms with Crippen molar-refractivity contribution in [2.75, 3.05) is 14.2 Å². The molecule has 0 N–H and O–H groups in total. The van der Waals surface area contributed by atoms with E-state index < -0.39 is 0 Å². The summed E-state index contributed by atoms with van der Waals surface area (Å²) < 4.78 is 25.9. The van der Waals surface area contributed by atoms with Crippen LogP contribution in [0.2, 0.25) is 0 Å². The van der Waals surface area contributed by atoms with Crippen LogP contribution in [0, 0.1) is 12.7 Å². The van der Waals surface area contributed by atoms with Crippen molar-refractivity contribution in [3.05, 3.63) is 131 Å². The van der Waals surface area contributed by atoms with Crippen LogP contribution in [0.5, 0.6) is 11.5 Å². The second-order valence-electron chi connectivity index (χ2n) is 7.55. The highest BCUT2D eigenvalue weighted by Gasteiger charge is 2.19. The molecule has 0 radical (unpaired) electrons. The lowest BCUT2D eigenvalue weighted by Gasteiger charge is -2.19. The molecule has 0 amide bonds. The van der Waals surface area contributed by atoms with Crippen LogP contribution in [-0.2, 0) is 0 Å². The molecule has 0 aliphatic heterocycles. The molecule has 0 fully saturated rings. The summed E-state index contributed by atoms with van der Waals surface area (Å²) in [6.07, 6.45) is 0. The summed E-state index contributed by atoms with van der Waals surface area (Å²) in [5.74, 6) is 1.26. The molecule has 32 heavy (non-hydrogen) atoms. The standard InChI is InChI=1S/C29H25FO2/c1-20-8-10-21(11-9-20)28(22-12-16-24(31-2)17-13-22)29(26-6-4-5-7-27(26)30)23-14-18-25(32-3)19-15-23/h4-19H,1-3H3/b29-28-. The maximum Gasteiger partial charge on any atom is 0.131 e. The van der Waals surface area contributed by atoms with Crippen molar-refractivity contribution in [1.29, 1.82) is 0 Å². The average molecular weight is 425 g/mol. The fourth-order valence-electron chi connectivity index (χ4n) is 3.79. The number of aryl methyl sites for hydroxylation is 1. The minimum absolute atomic E-state index is 0.267. The molecule has 4 aromatic carbocycles. The Kier molecular flexibility index (Phi) is 6.37. The molecule has 0 aliphatic carbocycles. The molecular formula is C29H25FO2. The first kappa shape index (κ1) is 21.4. The molecule has 4 rings (SSSR count). The fraction of sp³-hybridized carbons (Fsp3) is 0.103. The van der Waals surface area contributed by atoms with Gasteiger partial charge in [-0.2, -0.15) is 0 Å². The molecule has 0 bridgehead atoms. The fourth-order valence-corrected chi connectivity index (χ4v) is 3.79. The predicted octanol–water partition coefficient (Wildman–Crippen LogP) is 7.16. The molecule has 3 heteroatoms. The largest absolute Gasteiger partial charge is 0.497 e. The Morgan fingerprint density at radius 1 is 0.562 bits per heavy atom. The lowest BCUT2D eigenvalue weighted by molar-refractivity contribution is 0.414. The number of rotatable bonds is 6. The summed E-state index contributed by atoms with van der Waals surface area (Å²) in [7, 11) is 3.28. The molecule has 0 aromatic heterocycles. The molecule has 0 atom stereocenters. The van der Waals surface area contributed by atoms with Crippen molar-refractivity contribution < 1.29 is 13.9 Å². The molecule has 160 valence electrons. The van der Waals surface area contributed by atoms with E-state index in [0.29, 0.717) is 5.56 Å². The van der Waals surface area contributed by atoms with Gasteiger partial charge in [0.1, 0.15) is 17.3 Å². The number of hydrogen-bond acceptors (Lipinski definition) is 2. The van der Waals surface area contributed by atoms with Crippen LogP contribution in [0.3, 0.4) is 0 Å². The van der Waals surface area contributed by atoms with Crippen molar-refractivity contribution in [1.82, 2.24) is 0 Å². The first-order chi connectivity index (χ1) is 15.6. The summed E-state index contributed by atoms with van der Waals surface area (Å²) >= 11 is 0. The van der Waals surface area contributed by atoms with Gasteiger partial charge >= 0.3 is 0 Å². The van der Waals surface area contributed by atoms with E-state index in [1.807, 2.05) is 60.7 Å². The van der Waals surface area contributed by atoms with Gasteiger partial charge in [0.2, 0.25) is 0 Å². The van der Waals surface area contributed by atoms with Gasteiger partial charge in [-0.25, -0.2) is 4.39 Å². The summed E-state index contributed by atoms with van der Waals surface area (Å²) in [4.78, 5) is 0. The van der Waals surface area contributed by atoms with Gasteiger partial charge < -0.3 is 9.47 Å². The van der Waals surface area contributed by atoms with E-state index in [9.17, 15) is 0 Å².